The van der Waals surface area contributed by atoms with E-state index in [0.29, 0.717) is 6.20 Å². The van der Waals surface area contributed by atoms with Gasteiger partial charge in [0.05, 0.1) is 5.56 Å². The van der Waals surface area contributed by atoms with E-state index in [9.17, 15) is 18.0 Å². The standard InChI is InChI=1S/C8H2ClF3N2O/c9-7(15)6-4(8(11)12)5(10)3(1-13)2-14-6/h2,8H. The van der Waals surface area contributed by atoms with Crippen LogP contribution in [0.4, 0.5) is 13.2 Å². The Balaban J connectivity index is 3.53. The van der Waals surface area contributed by atoms with Crippen molar-refractivity contribution in [2.45, 2.75) is 6.43 Å². The predicted molar refractivity (Wildman–Crippen MR) is 44.1 cm³/mol. The zero-order chi connectivity index (χ0) is 11.6. The summed E-state index contributed by atoms with van der Waals surface area (Å²) in [5.41, 5.74) is -2.77. The minimum absolute atomic E-state index is 0.660. The average molecular weight is 235 g/mol. The normalized spacial score (nSPS) is 10.1. The Morgan fingerprint density at radius 1 is 1.60 bits per heavy atom. The first-order valence-corrected chi connectivity index (χ1v) is 3.93. The van der Waals surface area contributed by atoms with Gasteiger partial charge in [0.15, 0.2) is 5.82 Å². The molecule has 0 aromatic carbocycles. The lowest BCUT2D eigenvalue weighted by Crippen LogP contribution is -2.07. The molecule has 0 aliphatic heterocycles. The van der Waals surface area contributed by atoms with E-state index in [4.69, 9.17) is 16.9 Å². The van der Waals surface area contributed by atoms with Crippen molar-refractivity contribution in [3.63, 3.8) is 0 Å². The Labute approximate surface area is 87.1 Å². The molecule has 1 rings (SSSR count). The van der Waals surface area contributed by atoms with Gasteiger partial charge in [0, 0.05) is 6.20 Å². The van der Waals surface area contributed by atoms with E-state index in [1.165, 1.54) is 6.07 Å². The van der Waals surface area contributed by atoms with Crippen LogP contribution >= 0.6 is 11.6 Å². The second kappa shape index (κ2) is 4.28. The highest BCUT2D eigenvalue weighted by molar-refractivity contribution is 6.67. The maximum atomic E-state index is 13.2. The number of pyridine rings is 1. The van der Waals surface area contributed by atoms with Crippen molar-refractivity contribution in [2.24, 2.45) is 0 Å². The maximum Gasteiger partial charge on any atom is 0.271 e. The first kappa shape index (κ1) is 11.5. The molecule has 0 spiro atoms. The third kappa shape index (κ3) is 2.07. The third-order valence-corrected chi connectivity index (χ3v) is 1.75. The van der Waals surface area contributed by atoms with E-state index in [0.717, 1.165) is 0 Å². The number of alkyl halides is 2. The number of halogens is 4. The molecule has 78 valence electrons. The average Bonchev–Trinajstić information content (AvgIpc) is 2.16. The van der Waals surface area contributed by atoms with Crippen LogP contribution in [0.1, 0.15) is 28.0 Å². The van der Waals surface area contributed by atoms with E-state index in [2.05, 4.69) is 4.98 Å². The zero-order valence-electron chi connectivity index (χ0n) is 6.97. The van der Waals surface area contributed by atoms with Gasteiger partial charge in [0.1, 0.15) is 17.3 Å². The lowest BCUT2D eigenvalue weighted by Gasteiger charge is -2.05. The van der Waals surface area contributed by atoms with Gasteiger partial charge in [0.2, 0.25) is 0 Å². The van der Waals surface area contributed by atoms with E-state index >= 15 is 0 Å². The number of nitrogens with zero attached hydrogens (tertiary/aromatic N) is 2. The molecular weight excluding hydrogens is 233 g/mol. The zero-order valence-corrected chi connectivity index (χ0v) is 7.73. The van der Waals surface area contributed by atoms with Crippen LogP contribution < -0.4 is 0 Å². The van der Waals surface area contributed by atoms with Crippen molar-refractivity contribution < 1.29 is 18.0 Å². The number of hydrogen-bond donors (Lipinski definition) is 0. The summed E-state index contributed by atoms with van der Waals surface area (Å²) in [5, 5.41) is 7.06. The van der Waals surface area contributed by atoms with Crippen molar-refractivity contribution in [1.82, 2.24) is 4.98 Å². The Hall–Kier alpha value is -1.61. The minimum atomic E-state index is -3.26. The Morgan fingerprint density at radius 3 is 2.60 bits per heavy atom. The molecule has 0 atom stereocenters. The number of aromatic nitrogens is 1. The van der Waals surface area contributed by atoms with Crippen molar-refractivity contribution in [1.29, 1.82) is 5.26 Å². The molecular formula is C8H2ClF3N2O. The molecule has 0 bridgehead atoms. The highest BCUT2D eigenvalue weighted by Gasteiger charge is 2.25. The van der Waals surface area contributed by atoms with Gasteiger partial charge in [-0.15, -0.1) is 0 Å². The van der Waals surface area contributed by atoms with Gasteiger partial charge in [-0.05, 0) is 11.6 Å². The molecule has 1 heterocycles. The largest absolute Gasteiger partial charge is 0.274 e. The SMILES string of the molecule is N#Cc1cnc(C(=O)Cl)c(C(F)F)c1F. The van der Waals surface area contributed by atoms with Crippen molar-refractivity contribution in [3.05, 3.63) is 28.8 Å². The first-order valence-electron chi connectivity index (χ1n) is 3.55. The van der Waals surface area contributed by atoms with Gasteiger partial charge in [-0.2, -0.15) is 5.26 Å². The van der Waals surface area contributed by atoms with Gasteiger partial charge in [-0.3, -0.25) is 4.79 Å². The quantitative estimate of drug-likeness (QED) is 0.739. The number of carbonyl (C=O) groups is 1. The molecule has 0 amide bonds. The topological polar surface area (TPSA) is 53.8 Å². The number of rotatable bonds is 2. The van der Waals surface area contributed by atoms with E-state index in [1.54, 1.807) is 0 Å². The minimum Gasteiger partial charge on any atom is -0.274 e. The summed E-state index contributed by atoms with van der Waals surface area (Å²) in [7, 11) is 0. The fourth-order valence-electron chi connectivity index (χ4n) is 0.938. The molecule has 0 aliphatic carbocycles. The van der Waals surface area contributed by atoms with E-state index < -0.39 is 34.3 Å². The summed E-state index contributed by atoms with van der Waals surface area (Å²) < 4.78 is 37.9. The lowest BCUT2D eigenvalue weighted by atomic mass is 10.1. The maximum absolute atomic E-state index is 13.2. The molecule has 3 nitrogen and oxygen atoms in total. The Bertz CT molecular complexity index is 456. The van der Waals surface area contributed by atoms with Gasteiger partial charge < -0.3 is 0 Å². The van der Waals surface area contributed by atoms with Gasteiger partial charge in [-0.25, -0.2) is 18.2 Å². The molecule has 0 saturated heterocycles. The van der Waals surface area contributed by atoms with Crippen LogP contribution in [0.3, 0.4) is 0 Å². The number of hydrogen-bond acceptors (Lipinski definition) is 3. The fraction of sp³-hybridized carbons (Fsp3) is 0.125. The molecule has 7 heteroatoms. The van der Waals surface area contributed by atoms with Gasteiger partial charge in [0.25, 0.3) is 11.7 Å². The number of nitriles is 1. The van der Waals surface area contributed by atoms with Crippen LogP contribution in [0.25, 0.3) is 0 Å². The molecule has 0 fully saturated rings. The molecule has 15 heavy (non-hydrogen) atoms. The van der Waals surface area contributed by atoms with Crippen LogP contribution in [0, 0.1) is 17.1 Å². The van der Waals surface area contributed by atoms with Crippen LogP contribution in [0.2, 0.25) is 0 Å². The Kier molecular flexibility index (Phi) is 3.27. The highest BCUT2D eigenvalue weighted by atomic mass is 35.5. The van der Waals surface area contributed by atoms with Crippen LogP contribution in [0.5, 0.6) is 0 Å². The van der Waals surface area contributed by atoms with E-state index in [1.807, 2.05) is 0 Å². The summed E-state index contributed by atoms with van der Waals surface area (Å²) in [6.45, 7) is 0. The van der Waals surface area contributed by atoms with Crippen LogP contribution in [-0.4, -0.2) is 10.2 Å². The monoisotopic (exact) mass is 234 g/mol. The highest BCUT2D eigenvalue weighted by Crippen LogP contribution is 2.27. The summed E-state index contributed by atoms with van der Waals surface area (Å²) in [6, 6.07) is 1.33. The molecule has 0 saturated carbocycles. The summed E-state index contributed by atoms with van der Waals surface area (Å²) >= 11 is 4.94. The van der Waals surface area contributed by atoms with Crippen molar-refractivity contribution in [2.75, 3.05) is 0 Å². The molecule has 1 aromatic heterocycles. The molecule has 0 radical (unpaired) electrons. The van der Waals surface area contributed by atoms with Crippen LogP contribution in [-0.2, 0) is 0 Å². The van der Waals surface area contributed by atoms with Crippen molar-refractivity contribution >= 4 is 16.8 Å². The summed E-state index contributed by atoms with van der Waals surface area (Å²) in [6.07, 6.45) is -2.58. The second-order valence-electron chi connectivity index (χ2n) is 2.43. The fourth-order valence-corrected chi connectivity index (χ4v) is 1.09. The number of carbonyl (C=O) groups excluding carboxylic acids is 1. The van der Waals surface area contributed by atoms with Gasteiger partial charge in [-0.1, -0.05) is 0 Å². The molecule has 1 aromatic rings. The molecule has 0 aliphatic rings. The first-order chi connectivity index (χ1) is 6.99. The smallest absolute Gasteiger partial charge is 0.271 e. The second-order valence-corrected chi connectivity index (χ2v) is 2.78. The van der Waals surface area contributed by atoms with Crippen molar-refractivity contribution in [3.8, 4) is 6.07 Å². The summed E-state index contributed by atoms with van der Waals surface area (Å²) in [5.74, 6) is -1.47. The predicted octanol–water partition coefficient (Wildman–Crippen LogP) is 2.41. The molecule has 0 N–H and O–H groups in total. The lowest BCUT2D eigenvalue weighted by molar-refractivity contribution is 0.105. The van der Waals surface area contributed by atoms with Gasteiger partial charge >= 0.3 is 0 Å². The third-order valence-electron chi connectivity index (χ3n) is 1.58. The molecule has 0 unspecified atom stereocenters. The van der Waals surface area contributed by atoms with Crippen LogP contribution in [0.15, 0.2) is 6.20 Å². The summed E-state index contributed by atoms with van der Waals surface area (Å²) in [4.78, 5) is 13.8. The van der Waals surface area contributed by atoms with E-state index in [-0.39, 0.29) is 0 Å². The Morgan fingerprint density at radius 2 is 2.20 bits per heavy atom.